The predicted octanol–water partition coefficient (Wildman–Crippen LogP) is 4.47. The molecule has 2 aliphatic heterocycles. The molecule has 2 aromatic carbocycles. The number of benzene rings is 2. The van der Waals surface area contributed by atoms with Gasteiger partial charge in [0.2, 0.25) is 5.91 Å². The van der Waals surface area contributed by atoms with E-state index in [1.165, 1.54) is 16.0 Å². The average Bonchev–Trinajstić information content (AvgIpc) is 3.27. The Kier molecular flexibility index (Phi) is 7.68. The molecule has 5 rings (SSSR count). The van der Waals surface area contributed by atoms with Crippen molar-refractivity contribution in [3.63, 3.8) is 0 Å². The van der Waals surface area contributed by atoms with Crippen molar-refractivity contribution in [2.45, 2.75) is 25.3 Å². The lowest BCUT2D eigenvalue weighted by atomic mass is 9.93. The molecule has 188 valence electrons. The number of rotatable bonds is 6. The van der Waals surface area contributed by atoms with Crippen molar-refractivity contribution in [1.82, 2.24) is 14.7 Å². The summed E-state index contributed by atoms with van der Waals surface area (Å²) in [4.78, 5) is 34.0. The van der Waals surface area contributed by atoms with Crippen LogP contribution in [0.2, 0.25) is 0 Å². The van der Waals surface area contributed by atoms with E-state index < -0.39 is 0 Å². The smallest absolute Gasteiger partial charge is 0.254 e. The lowest BCUT2D eigenvalue weighted by molar-refractivity contribution is -0.131. The van der Waals surface area contributed by atoms with Crippen molar-refractivity contribution < 1.29 is 14.3 Å². The van der Waals surface area contributed by atoms with Crippen LogP contribution in [0.4, 0.5) is 0 Å². The fourth-order valence-corrected chi connectivity index (χ4v) is 6.24. The molecule has 1 atom stereocenters. The molecule has 3 aromatic rings. The Hall–Kier alpha value is -3.16. The van der Waals surface area contributed by atoms with Crippen LogP contribution in [0.5, 0.6) is 5.75 Å². The fraction of sp³-hybridized carbons (Fsp3) is 0.379. The number of hydrogen-bond acceptors (Lipinski definition) is 5. The fourth-order valence-electron chi connectivity index (χ4n) is 5.34. The molecule has 0 unspecified atom stereocenters. The van der Waals surface area contributed by atoms with E-state index in [1.54, 1.807) is 13.2 Å². The van der Waals surface area contributed by atoms with Crippen LogP contribution in [0.25, 0.3) is 0 Å². The molecule has 0 spiro atoms. The number of methoxy groups -OCH3 is 1. The summed E-state index contributed by atoms with van der Waals surface area (Å²) in [5, 5.41) is 2.19. The van der Waals surface area contributed by atoms with E-state index in [9.17, 15) is 9.59 Å². The van der Waals surface area contributed by atoms with Crippen LogP contribution in [-0.4, -0.2) is 72.9 Å². The lowest BCUT2D eigenvalue weighted by Crippen LogP contribution is -2.40. The second kappa shape index (κ2) is 11.3. The number of carbonyl (C=O) groups excluding carboxylic acids is 2. The van der Waals surface area contributed by atoms with Crippen molar-refractivity contribution in [2.24, 2.45) is 0 Å². The lowest BCUT2D eigenvalue weighted by Gasteiger charge is -2.36. The third kappa shape index (κ3) is 5.32. The van der Waals surface area contributed by atoms with E-state index >= 15 is 0 Å². The van der Waals surface area contributed by atoms with Crippen LogP contribution in [0, 0.1) is 0 Å². The molecular weight excluding hydrogens is 470 g/mol. The molecule has 3 heterocycles. The highest BCUT2D eigenvalue weighted by Crippen LogP contribution is 2.37. The van der Waals surface area contributed by atoms with Crippen LogP contribution in [0.3, 0.4) is 0 Å². The minimum absolute atomic E-state index is 0.00575. The Morgan fingerprint density at radius 3 is 2.58 bits per heavy atom. The maximum Gasteiger partial charge on any atom is 0.254 e. The van der Waals surface area contributed by atoms with Crippen LogP contribution in [0.1, 0.15) is 45.2 Å². The minimum atomic E-state index is -0.00575. The maximum absolute atomic E-state index is 13.2. The van der Waals surface area contributed by atoms with Crippen LogP contribution in [0.15, 0.2) is 66.0 Å². The maximum atomic E-state index is 13.2. The van der Waals surface area contributed by atoms with E-state index in [-0.39, 0.29) is 17.9 Å². The molecule has 6 nitrogen and oxygen atoms in total. The molecule has 0 bridgehead atoms. The summed E-state index contributed by atoms with van der Waals surface area (Å²) in [6.45, 7) is 4.17. The molecule has 1 saturated heterocycles. The van der Waals surface area contributed by atoms with Gasteiger partial charge in [-0.3, -0.25) is 14.5 Å². The number of ether oxygens (including phenoxy) is 1. The van der Waals surface area contributed by atoms with Crippen molar-refractivity contribution in [2.75, 3.05) is 46.4 Å². The first-order chi connectivity index (χ1) is 17.6. The van der Waals surface area contributed by atoms with Gasteiger partial charge < -0.3 is 14.5 Å². The van der Waals surface area contributed by atoms with E-state index in [4.69, 9.17) is 4.74 Å². The Bertz CT molecular complexity index is 1200. The van der Waals surface area contributed by atoms with Gasteiger partial charge in [0.05, 0.1) is 13.2 Å². The molecule has 2 amide bonds. The molecule has 36 heavy (non-hydrogen) atoms. The van der Waals surface area contributed by atoms with Crippen LogP contribution in [-0.2, 0) is 11.2 Å². The third-order valence-electron chi connectivity index (χ3n) is 7.25. The number of thiophene rings is 1. The average molecular weight is 504 g/mol. The summed E-state index contributed by atoms with van der Waals surface area (Å²) >= 11 is 1.84. The number of hydrogen-bond donors (Lipinski definition) is 0. The molecule has 0 aliphatic carbocycles. The first-order valence-electron chi connectivity index (χ1n) is 12.7. The van der Waals surface area contributed by atoms with Gasteiger partial charge in [-0.15, -0.1) is 11.3 Å². The van der Waals surface area contributed by atoms with Crippen molar-refractivity contribution in [3.8, 4) is 5.75 Å². The van der Waals surface area contributed by atoms with Gasteiger partial charge in [-0.2, -0.15) is 0 Å². The first-order valence-corrected chi connectivity index (χ1v) is 13.6. The molecule has 1 aromatic heterocycles. The second-order valence-electron chi connectivity index (χ2n) is 9.41. The Morgan fingerprint density at radius 1 is 0.944 bits per heavy atom. The zero-order valence-corrected chi connectivity index (χ0v) is 21.6. The van der Waals surface area contributed by atoms with Gasteiger partial charge in [-0.25, -0.2) is 0 Å². The number of fused-ring (bicyclic) bond motifs is 1. The summed E-state index contributed by atoms with van der Waals surface area (Å²) in [5.41, 5.74) is 3.29. The summed E-state index contributed by atoms with van der Waals surface area (Å²) in [6, 6.07) is 20.3. The monoisotopic (exact) mass is 503 g/mol. The van der Waals surface area contributed by atoms with Crippen molar-refractivity contribution in [1.29, 1.82) is 0 Å². The van der Waals surface area contributed by atoms with Crippen molar-refractivity contribution in [3.05, 3.63) is 87.6 Å². The summed E-state index contributed by atoms with van der Waals surface area (Å²) in [5.74, 6) is 0.843. The quantitative estimate of drug-likeness (QED) is 0.498. The van der Waals surface area contributed by atoms with Gasteiger partial charge in [0, 0.05) is 56.1 Å². The van der Waals surface area contributed by atoms with E-state index in [0.29, 0.717) is 43.9 Å². The van der Waals surface area contributed by atoms with Gasteiger partial charge in [0.1, 0.15) is 5.75 Å². The molecule has 0 saturated carbocycles. The molecular formula is C29H33N3O3S. The second-order valence-corrected chi connectivity index (χ2v) is 10.4. The van der Waals surface area contributed by atoms with Gasteiger partial charge in [-0.1, -0.05) is 36.4 Å². The van der Waals surface area contributed by atoms with E-state index in [0.717, 1.165) is 25.9 Å². The van der Waals surface area contributed by atoms with E-state index in [2.05, 4.69) is 46.7 Å². The number of nitrogens with zero attached hydrogens (tertiary/aromatic N) is 3. The van der Waals surface area contributed by atoms with E-state index in [1.807, 2.05) is 39.3 Å². The molecule has 2 aliphatic rings. The summed E-state index contributed by atoms with van der Waals surface area (Å²) < 4.78 is 5.27. The third-order valence-corrected chi connectivity index (χ3v) is 8.24. The van der Waals surface area contributed by atoms with Gasteiger partial charge in [0.15, 0.2) is 0 Å². The molecule has 0 radical (unpaired) electrons. The molecule has 1 fully saturated rings. The Morgan fingerprint density at radius 2 is 1.75 bits per heavy atom. The molecule has 7 heteroatoms. The normalized spacial score (nSPS) is 18.4. The summed E-state index contributed by atoms with van der Waals surface area (Å²) in [6.07, 6.45) is 2.32. The number of carbonyl (C=O) groups is 2. The summed E-state index contributed by atoms with van der Waals surface area (Å²) in [7, 11) is 1.60. The topological polar surface area (TPSA) is 53.1 Å². The first kappa shape index (κ1) is 24.5. The highest BCUT2D eigenvalue weighted by atomic mass is 32.1. The standard InChI is InChI=1S/C29H33N3O3S/c1-35-24-10-5-9-23(21-24)29(34)32-15-6-14-30(18-19-32)27(33)12-17-31-16-11-26-25(13-20-36-26)28(31)22-7-3-2-4-8-22/h2-5,7-10,13,20-21,28H,6,11-12,14-19H2,1H3/t28-/m0/s1. The van der Waals surface area contributed by atoms with Crippen LogP contribution >= 0.6 is 11.3 Å². The number of amides is 2. The van der Waals surface area contributed by atoms with Crippen molar-refractivity contribution >= 4 is 23.2 Å². The zero-order chi connectivity index (χ0) is 24.9. The largest absolute Gasteiger partial charge is 0.497 e. The highest BCUT2D eigenvalue weighted by molar-refractivity contribution is 7.10. The zero-order valence-electron chi connectivity index (χ0n) is 20.8. The molecule has 0 N–H and O–H groups in total. The predicted molar refractivity (Wildman–Crippen MR) is 143 cm³/mol. The minimum Gasteiger partial charge on any atom is -0.497 e. The Labute approximate surface area is 217 Å². The highest BCUT2D eigenvalue weighted by Gasteiger charge is 2.30. The van der Waals surface area contributed by atoms with Crippen LogP contribution < -0.4 is 4.74 Å². The van der Waals surface area contributed by atoms with Gasteiger partial charge in [0.25, 0.3) is 5.91 Å². The Balaban J connectivity index is 1.20. The van der Waals surface area contributed by atoms with Gasteiger partial charge in [-0.05, 0) is 53.6 Å². The SMILES string of the molecule is COc1cccc(C(=O)N2CCCN(C(=O)CCN3CCc4sccc4[C@@H]3c3ccccc3)CC2)c1. The van der Waals surface area contributed by atoms with Gasteiger partial charge >= 0.3 is 0 Å².